The topological polar surface area (TPSA) is 125 Å². The van der Waals surface area contributed by atoms with Crippen LogP contribution in [-0.2, 0) is 9.84 Å². The molecule has 106 valence electrons. The van der Waals surface area contributed by atoms with Gasteiger partial charge in [0.05, 0.1) is 29.2 Å². The third-order valence-electron chi connectivity index (χ3n) is 2.49. The minimum Gasteiger partial charge on any atom is -0.478 e. The highest BCUT2D eigenvalue weighted by Gasteiger charge is 2.23. The molecule has 0 bridgehead atoms. The van der Waals surface area contributed by atoms with Crippen molar-refractivity contribution in [1.82, 2.24) is 10.3 Å². The smallest absolute Gasteiger partial charge is 0.337 e. The lowest BCUT2D eigenvalue weighted by molar-refractivity contribution is 0.0696. The summed E-state index contributed by atoms with van der Waals surface area (Å²) in [5.74, 6) is -1.35. The van der Waals surface area contributed by atoms with Crippen molar-refractivity contribution in [3.8, 4) is 0 Å². The second-order valence-corrected chi connectivity index (χ2v) is 6.06. The van der Waals surface area contributed by atoms with Crippen LogP contribution in [0.1, 0.15) is 10.4 Å². The second-order valence-electron chi connectivity index (χ2n) is 4.13. The van der Waals surface area contributed by atoms with Crippen molar-refractivity contribution < 1.29 is 23.1 Å². The first-order valence-corrected chi connectivity index (χ1v) is 7.24. The van der Waals surface area contributed by atoms with Crippen molar-refractivity contribution >= 4 is 27.5 Å². The molecule has 2 heterocycles. The number of rotatable bonds is 3. The molecule has 1 aromatic heterocycles. The number of urea groups is 1. The lowest BCUT2D eigenvalue weighted by Gasteiger charge is -2.11. The normalized spacial score (nSPS) is 19.5. The molecule has 0 saturated heterocycles. The molecule has 1 aliphatic heterocycles. The van der Waals surface area contributed by atoms with Crippen LogP contribution in [-0.4, -0.2) is 42.3 Å². The van der Waals surface area contributed by atoms with Gasteiger partial charge >= 0.3 is 12.0 Å². The summed E-state index contributed by atoms with van der Waals surface area (Å²) in [5, 5.41) is 14.7. The van der Waals surface area contributed by atoms with Gasteiger partial charge in [0, 0.05) is 11.6 Å². The van der Waals surface area contributed by atoms with Gasteiger partial charge in [-0.15, -0.1) is 0 Å². The molecule has 0 aliphatic carbocycles. The fourth-order valence-electron chi connectivity index (χ4n) is 1.63. The summed E-state index contributed by atoms with van der Waals surface area (Å²) in [6.07, 6.45) is 3.81. The fraction of sp³-hybridized carbons (Fsp3) is 0.182. The summed E-state index contributed by atoms with van der Waals surface area (Å²) < 4.78 is 22.3. The summed E-state index contributed by atoms with van der Waals surface area (Å²) in [6.45, 7) is 0. The maximum absolute atomic E-state index is 11.6. The van der Waals surface area contributed by atoms with E-state index in [1.807, 2.05) is 0 Å². The zero-order valence-corrected chi connectivity index (χ0v) is 10.9. The highest BCUT2D eigenvalue weighted by atomic mass is 32.2. The first kappa shape index (κ1) is 14.0. The number of amides is 2. The molecule has 0 fully saturated rings. The average molecular weight is 297 g/mol. The average Bonchev–Trinajstić information content (AvgIpc) is 2.68. The summed E-state index contributed by atoms with van der Waals surface area (Å²) in [7, 11) is -3.25. The molecular formula is C11H11N3O5S. The number of aromatic carboxylic acids is 1. The van der Waals surface area contributed by atoms with Crippen LogP contribution < -0.4 is 10.6 Å². The van der Waals surface area contributed by atoms with Crippen LogP contribution in [0.4, 0.5) is 10.5 Å². The molecule has 9 heteroatoms. The zero-order valence-electron chi connectivity index (χ0n) is 10.1. The van der Waals surface area contributed by atoms with Crippen LogP contribution in [0.25, 0.3) is 0 Å². The highest BCUT2D eigenvalue weighted by molar-refractivity contribution is 7.94. The van der Waals surface area contributed by atoms with Crippen LogP contribution in [0.15, 0.2) is 29.9 Å². The van der Waals surface area contributed by atoms with Gasteiger partial charge in [-0.05, 0) is 12.1 Å². The molecule has 1 atom stereocenters. The van der Waals surface area contributed by atoms with Crippen LogP contribution in [0.2, 0.25) is 0 Å². The standard InChI is InChI=1S/C11H11N3O5S/c15-10(16)7-3-9(5-12-4-7)14-11(17)13-8-1-2-20(18,19)6-8/h1-5,8H,6H2,(H,15,16)(H2,13,14,17). The molecule has 20 heavy (non-hydrogen) atoms. The Morgan fingerprint density at radius 3 is 2.70 bits per heavy atom. The van der Waals surface area contributed by atoms with Crippen molar-refractivity contribution in [1.29, 1.82) is 0 Å². The largest absolute Gasteiger partial charge is 0.478 e. The van der Waals surface area contributed by atoms with Gasteiger partial charge in [0.15, 0.2) is 9.84 Å². The number of hydrogen-bond acceptors (Lipinski definition) is 5. The minimum absolute atomic E-state index is 0.0638. The molecule has 2 rings (SSSR count). The minimum atomic E-state index is -3.25. The monoisotopic (exact) mass is 297 g/mol. The number of carbonyl (C=O) groups excluding carboxylic acids is 1. The van der Waals surface area contributed by atoms with Crippen molar-refractivity contribution in [2.45, 2.75) is 6.04 Å². The molecule has 1 aromatic rings. The molecule has 0 aromatic carbocycles. The molecule has 0 saturated carbocycles. The van der Waals surface area contributed by atoms with Crippen LogP contribution in [0, 0.1) is 0 Å². The third kappa shape index (κ3) is 3.54. The maximum atomic E-state index is 11.6. The van der Waals surface area contributed by atoms with Crippen molar-refractivity contribution in [2.24, 2.45) is 0 Å². The van der Waals surface area contributed by atoms with E-state index in [2.05, 4.69) is 15.6 Å². The Hall–Kier alpha value is -2.42. The highest BCUT2D eigenvalue weighted by Crippen LogP contribution is 2.10. The van der Waals surface area contributed by atoms with E-state index in [4.69, 9.17) is 5.11 Å². The van der Waals surface area contributed by atoms with Gasteiger partial charge in [-0.25, -0.2) is 18.0 Å². The van der Waals surface area contributed by atoms with E-state index >= 15 is 0 Å². The predicted octanol–water partition coefficient (Wildman–Crippen LogP) is 0.212. The number of carboxylic acids is 1. The van der Waals surface area contributed by atoms with Crippen molar-refractivity contribution in [2.75, 3.05) is 11.1 Å². The van der Waals surface area contributed by atoms with Crippen molar-refractivity contribution in [3.63, 3.8) is 0 Å². The van der Waals surface area contributed by atoms with Gasteiger partial charge in [-0.3, -0.25) is 4.98 Å². The van der Waals surface area contributed by atoms with Gasteiger partial charge < -0.3 is 15.7 Å². The molecule has 0 radical (unpaired) electrons. The quantitative estimate of drug-likeness (QED) is 0.732. The SMILES string of the molecule is O=C(Nc1cncc(C(=O)O)c1)NC1C=CS(=O)(=O)C1. The molecular weight excluding hydrogens is 286 g/mol. The van der Waals surface area contributed by atoms with E-state index in [0.29, 0.717) is 0 Å². The van der Waals surface area contributed by atoms with Crippen LogP contribution in [0.5, 0.6) is 0 Å². The number of anilines is 1. The number of carbonyl (C=O) groups is 2. The van der Waals surface area contributed by atoms with Gasteiger partial charge in [0.25, 0.3) is 0 Å². The van der Waals surface area contributed by atoms with Gasteiger partial charge in [-0.2, -0.15) is 0 Å². The number of nitrogens with one attached hydrogen (secondary N) is 2. The van der Waals surface area contributed by atoms with E-state index in [0.717, 1.165) is 11.6 Å². The fourth-order valence-corrected chi connectivity index (χ4v) is 2.86. The first-order valence-electron chi connectivity index (χ1n) is 5.52. The van der Waals surface area contributed by atoms with Gasteiger partial charge in [0.2, 0.25) is 0 Å². The Bertz CT molecular complexity index is 683. The maximum Gasteiger partial charge on any atom is 0.337 e. The summed E-state index contributed by atoms with van der Waals surface area (Å²) in [6, 6.07) is 0.00701. The Labute approximate surface area is 114 Å². The van der Waals surface area contributed by atoms with Gasteiger partial charge in [-0.1, -0.05) is 0 Å². The molecule has 8 nitrogen and oxygen atoms in total. The summed E-state index contributed by atoms with van der Waals surface area (Å²) in [5.41, 5.74) is 0.137. The number of aromatic nitrogens is 1. The predicted molar refractivity (Wildman–Crippen MR) is 70.1 cm³/mol. The number of sulfone groups is 1. The van der Waals surface area contributed by atoms with Crippen LogP contribution in [0.3, 0.4) is 0 Å². The Balaban J connectivity index is 1.97. The van der Waals surface area contributed by atoms with E-state index in [1.165, 1.54) is 18.3 Å². The van der Waals surface area contributed by atoms with E-state index in [-0.39, 0.29) is 17.0 Å². The molecule has 1 aliphatic rings. The Morgan fingerprint density at radius 1 is 1.35 bits per heavy atom. The molecule has 1 unspecified atom stereocenters. The Kier molecular flexibility index (Phi) is 3.70. The van der Waals surface area contributed by atoms with E-state index < -0.39 is 27.9 Å². The summed E-state index contributed by atoms with van der Waals surface area (Å²) in [4.78, 5) is 26.1. The van der Waals surface area contributed by atoms with Crippen LogP contribution >= 0.6 is 0 Å². The Morgan fingerprint density at radius 2 is 2.10 bits per heavy atom. The number of hydrogen-bond donors (Lipinski definition) is 3. The number of pyridine rings is 1. The zero-order chi connectivity index (χ0) is 14.8. The lowest BCUT2D eigenvalue weighted by atomic mass is 10.2. The molecule has 3 N–H and O–H groups in total. The third-order valence-corrected chi connectivity index (χ3v) is 3.89. The lowest BCUT2D eigenvalue weighted by Crippen LogP contribution is -2.38. The van der Waals surface area contributed by atoms with Gasteiger partial charge in [0.1, 0.15) is 0 Å². The van der Waals surface area contributed by atoms with Crippen molar-refractivity contribution in [3.05, 3.63) is 35.5 Å². The van der Waals surface area contributed by atoms with E-state index in [9.17, 15) is 18.0 Å². The number of carboxylic acid groups (broad SMARTS) is 1. The molecule has 0 spiro atoms. The summed E-state index contributed by atoms with van der Waals surface area (Å²) >= 11 is 0. The van der Waals surface area contributed by atoms with E-state index in [1.54, 1.807) is 0 Å². The number of nitrogens with zero attached hydrogens (tertiary/aromatic N) is 1. The molecule has 2 amide bonds. The second kappa shape index (κ2) is 5.29. The first-order chi connectivity index (χ1) is 9.35.